The van der Waals surface area contributed by atoms with Crippen molar-refractivity contribution in [3.8, 4) is 0 Å². The second kappa shape index (κ2) is 7.04. The van der Waals surface area contributed by atoms with Gasteiger partial charge in [-0.05, 0) is 24.6 Å². The van der Waals surface area contributed by atoms with E-state index in [0.29, 0.717) is 0 Å². The zero-order chi connectivity index (χ0) is 16.2. The quantitative estimate of drug-likeness (QED) is 0.840. The second-order valence-electron chi connectivity index (χ2n) is 4.91. The molecule has 22 heavy (non-hydrogen) atoms. The molecular formula is C15H18N2O3S2. The van der Waals surface area contributed by atoms with Crippen molar-refractivity contribution in [2.24, 2.45) is 5.73 Å². The summed E-state index contributed by atoms with van der Waals surface area (Å²) in [5, 5.41) is 0. The minimum atomic E-state index is -3.63. The fraction of sp³-hybridized carbons (Fsp3) is 0.267. The zero-order valence-corrected chi connectivity index (χ0v) is 13.9. The van der Waals surface area contributed by atoms with Crippen molar-refractivity contribution in [3.05, 3.63) is 52.9 Å². The van der Waals surface area contributed by atoms with E-state index in [1.807, 2.05) is 37.3 Å². The summed E-state index contributed by atoms with van der Waals surface area (Å²) >= 11 is 1.22. The minimum Gasteiger partial charge on any atom is -0.370 e. The predicted molar refractivity (Wildman–Crippen MR) is 86.9 cm³/mol. The Kier molecular flexibility index (Phi) is 5.33. The lowest BCUT2D eigenvalue weighted by Crippen LogP contribution is -2.33. The third kappa shape index (κ3) is 4.16. The predicted octanol–water partition coefficient (Wildman–Crippen LogP) is 2.12. The van der Waals surface area contributed by atoms with E-state index in [2.05, 4.69) is 0 Å². The number of hydrogen-bond acceptors (Lipinski definition) is 4. The molecule has 1 aromatic carbocycles. The molecule has 0 atom stereocenters. The molecule has 118 valence electrons. The van der Waals surface area contributed by atoms with Gasteiger partial charge in [-0.15, -0.1) is 11.3 Å². The van der Waals surface area contributed by atoms with E-state index in [0.717, 1.165) is 10.4 Å². The Morgan fingerprint density at radius 1 is 1.18 bits per heavy atom. The third-order valence-corrected chi connectivity index (χ3v) is 6.43. The summed E-state index contributed by atoms with van der Waals surface area (Å²) < 4.78 is 27.1. The summed E-state index contributed by atoms with van der Waals surface area (Å²) in [6.45, 7) is 2.14. The monoisotopic (exact) mass is 338 g/mol. The van der Waals surface area contributed by atoms with Crippen LogP contribution in [0.1, 0.15) is 16.9 Å². The normalized spacial score (nSPS) is 11.7. The first-order chi connectivity index (χ1) is 10.4. The summed E-state index contributed by atoms with van der Waals surface area (Å²) in [6, 6.07) is 12.6. The van der Waals surface area contributed by atoms with Crippen molar-refractivity contribution in [1.29, 1.82) is 0 Å². The average Bonchev–Trinajstić information content (AvgIpc) is 2.91. The smallest absolute Gasteiger partial charge is 0.252 e. The first-order valence-electron chi connectivity index (χ1n) is 6.78. The first kappa shape index (κ1) is 16.7. The Labute approximate surface area is 134 Å². The molecular weight excluding hydrogens is 320 g/mol. The van der Waals surface area contributed by atoms with Gasteiger partial charge in [-0.25, -0.2) is 8.42 Å². The Hall–Kier alpha value is -1.70. The maximum absolute atomic E-state index is 12.7. The molecule has 0 spiro atoms. The summed E-state index contributed by atoms with van der Waals surface area (Å²) in [5.74, 6) is -0.518. The average molecular weight is 338 g/mol. The van der Waals surface area contributed by atoms with E-state index in [9.17, 15) is 13.2 Å². The number of hydrogen-bond donors (Lipinski definition) is 1. The molecule has 0 unspecified atom stereocenters. The Bertz CT molecular complexity index is 739. The number of rotatable bonds is 7. The molecule has 1 aromatic heterocycles. The number of sulfonamides is 1. The maximum atomic E-state index is 12.7. The highest BCUT2D eigenvalue weighted by atomic mass is 32.2. The van der Waals surface area contributed by atoms with Crippen LogP contribution in [0.15, 0.2) is 46.7 Å². The van der Waals surface area contributed by atoms with E-state index in [1.165, 1.54) is 15.6 Å². The zero-order valence-electron chi connectivity index (χ0n) is 12.2. The van der Waals surface area contributed by atoms with Gasteiger partial charge in [0.05, 0.1) is 0 Å². The lowest BCUT2D eigenvalue weighted by atomic mass is 10.2. The van der Waals surface area contributed by atoms with Gasteiger partial charge in [0.15, 0.2) is 0 Å². The van der Waals surface area contributed by atoms with Gasteiger partial charge in [0, 0.05) is 24.4 Å². The number of nitrogens with zero attached hydrogens (tertiary/aromatic N) is 1. The summed E-state index contributed by atoms with van der Waals surface area (Å²) in [5.41, 5.74) is 6.03. The first-order valence-corrected chi connectivity index (χ1v) is 9.04. The van der Waals surface area contributed by atoms with Gasteiger partial charge in [0.1, 0.15) is 4.21 Å². The molecule has 0 aliphatic heterocycles. The number of primary amides is 1. The van der Waals surface area contributed by atoms with Crippen LogP contribution in [-0.2, 0) is 21.4 Å². The molecule has 0 aliphatic carbocycles. The molecule has 0 saturated heterocycles. The van der Waals surface area contributed by atoms with Gasteiger partial charge in [-0.3, -0.25) is 4.79 Å². The van der Waals surface area contributed by atoms with Crippen molar-refractivity contribution >= 4 is 27.3 Å². The maximum Gasteiger partial charge on any atom is 0.252 e. The molecule has 0 fully saturated rings. The highest BCUT2D eigenvalue weighted by Gasteiger charge is 2.26. The van der Waals surface area contributed by atoms with Crippen LogP contribution in [0.25, 0.3) is 0 Å². The number of amides is 1. The highest BCUT2D eigenvalue weighted by Crippen LogP contribution is 2.25. The van der Waals surface area contributed by atoms with Crippen LogP contribution in [0.2, 0.25) is 0 Å². The number of carbonyl (C=O) groups is 1. The van der Waals surface area contributed by atoms with Gasteiger partial charge >= 0.3 is 0 Å². The van der Waals surface area contributed by atoms with Gasteiger partial charge in [0.25, 0.3) is 10.0 Å². The fourth-order valence-corrected chi connectivity index (χ4v) is 4.85. The molecule has 0 saturated carbocycles. The lowest BCUT2D eigenvalue weighted by molar-refractivity contribution is -0.118. The third-order valence-electron chi connectivity index (χ3n) is 3.12. The summed E-state index contributed by atoms with van der Waals surface area (Å²) in [7, 11) is -3.63. The topological polar surface area (TPSA) is 80.5 Å². The van der Waals surface area contributed by atoms with Gasteiger partial charge in [-0.2, -0.15) is 4.31 Å². The molecule has 2 rings (SSSR count). The highest BCUT2D eigenvalue weighted by molar-refractivity contribution is 7.91. The van der Waals surface area contributed by atoms with E-state index in [4.69, 9.17) is 5.73 Å². The number of carbonyl (C=O) groups excluding carboxylic acids is 1. The fourth-order valence-electron chi connectivity index (χ4n) is 1.98. The van der Waals surface area contributed by atoms with E-state index >= 15 is 0 Å². The molecule has 0 radical (unpaired) electrons. The Balaban J connectivity index is 2.28. The molecule has 2 aromatic rings. The van der Waals surface area contributed by atoms with Crippen LogP contribution in [0.3, 0.4) is 0 Å². The molecule has 1 amide bonds. The van der Waals surface area contributed by atoms with E-state index < -0.39 is 15.9 Å². The van der Waals surface area contributed by atoms with Gasteiger partial charge < -0.3 is 5.73 Å². The molecule has 0 aliphatic rings. The van der Waals surface area contributed by atoms with Crippen molar-refractivity contribution in [2.75, 3.05) is 6.54 Å². The van der Waals surface area contributed by atoms with E-state index in [-0.39, 0.29) is 23.7 Å². The molecule has 1 heterocycles. The number of benzene rings is 1. The number of thiophene rings is 1. The standard InChI is InChI=1S/C15H18N2O3S2/c1-12-7-8-15(21-12)22(19,20)17(10-9-14(16)18)11-13-5-3-2-4-6-13/h2-8H,9-11H2,1H3,(H2,16,18). The van der Waals surface area contributed by atoms with Crippen molar-refractivity contribution in [2.45, 2.75) is 24.1 Å². The van der Waals surface area contributed by atoms with Crippen LogP contribution >= 0.6 is 11.3 Å². The Morgan fingerprint density at radius 3 is 2.41 bits per heavy atom. The number of nitrogens with two attached hydrogens (primary N) is 1. The molecule has 5 nitrogen and oxygen atoms in total. The van der Waals surface area contributed by atoms with Crippen molar-refractivity contribution < 1.29 is 13.2 Å². The minimum absolute atomic E-state index is 0.00355. The molecule has 0 bridgehead atoms. The molecule has 2 N–H and O–H groups in total. The molecule has 7 heteroatoms. The second-order valence-corrected chi connectivity index (χ2v) is 8.36. The van der Waals surface area contributed by atoms with Gasteiger partial charge in [0.2, 0.25) is 5.91 Å². The largest absolute Gasteiger partial charge is 0.370 e. The number of aryl methyl sites for hydroxylation is 1. The van der Waals surface area contributed by atoms with Crippen LogP contribution in [0.4, 0.5) is 0 Å². The summed E-state index contributed by atoms with van der Waals surface area (Å²) in [6.07, 6.45) is -0.00355. The van der Waals surface area contributed by atoms with Crippen molar-refractivity contribution in [1.82, 2.24) is 4.31 Å². The SMILES string of the molecule is Cc1ccc(S(=O)(=O)N(CCC(N)=O)Cc2ccccc2)s1. The van der Waals surface area contributed by atoms with Crippen LogP contribution < -0.4 is 5.73 Å². The summed E-state index contributed by atoms with van der Waals surface area (Å²) in [4.78, 5) is 12.0. The van der Waals surface area contributed by atoms with Crippen LogP contribution in [0.5, 0.6) is 0 Å². The van der Waals surface area contributed by atoms with Crippen LogP contribution in [-0.4, -0.2) is 25.2 Å². The van der Waals surface area contributed by atoms with E-state index in [1.54, 1.807) is 12.1 Å². The Morgan fingerprint density at radius 2 is 1.86 bits per heavy atom. The van der Waals surface area contributed by atoms with Gasteiger partial charge in [-0.1, -0.05) is 30.3 Å². The lowest BCUT2D eigenvalue weighted by Gasteiger charge is -2.21. The van der Waals surface area contributed by atoms with Crippen LogP contribution in [0, 0.1) is 6.92 Å². The van der Waals surface area contributed by atoms with Crippen molar-refractivity contribution in [3.63, 3.8) is 0 Å².